The molecule has 2 rings (SSSR count). The Balaban J connectivity index is 2.53. The van der Waals surface area contributed by atoms with E-state index in [4.69, 9.17) is 4.74 Å². The SMILES string of the molecule is COc1ncccc1-c1ccc(SS)cc1C. The molecule has 4 heteroatoms. The van der Waals surface area contributed by atoms with Gasteiger partial charge < -0.3 is 4.74 Å². The number of pyridine rings is 1. The number of rotatable bonds is 3. The van der Waals surface area contributed by atoms with Crippen molar-refractivity contribution in [2.24, 2.45) is 0 Å². The maximum Gasteiger partial charge on any atom is 0.221 e. The standard InChI is InChI=1S/C13H13NOS2/c1-9-8-10(17-16)5-6-11(9)12-4-3-7-14-13(12)15-2/h3-8,16H,1-2H3. The van der Waals surface area contributed by atoms with Crippen molar-refractivity contribution in [2.45, 2.75) is 11.8 Å². The molecule has 0 spiro atoms. The Morgan fingerprint density at radius 3 is 2.71 bits per heavy atom. The first kappa shape index (κ1) is 12.3. The van der Waals surface area contributed by atoms with Gasteiger partial charge in [0.05, 0.1) is 7.11 Å². The van der Waals surface area contributed by atoms with Crippen LogP contribution in [-0.4, -0.2) is 12.1 Å². The lowest BCUT2D eigenvalue weighted by Crippen LogP contribution is -1.92. The van der Waals surface area contributed by atoms with Crippen molar-refractivity contribution in [3.05, 3.63) is 42.1 Å². The van der Waals surface area contributed by atoms with E-state index < -0.39 is 0 Å². The third-order valence-electron chi connectivity index (χ3n) is 2.56. The van der Waals surface area contributed by atoms with Crippen LogP contribution in [0.2, 0.25) is 0 Å². The molecule has 88 valence electrons. The van der Waals surface area contributed by atoms with Crippen LogP contribution < -0.4 is 4.74 Å². The lowest BCUT2D eigenvalue weighted by Gasteiger charge is -2.10. The minimum atomic E-state index is 0.655. The summed E-state index contributed by atoms with van der Waals surface area (Å²) in [7, 11) is 3.08. The number of thiol groups is 1. The molecule has 1 aromatic heterocycles. The van der Waals surface area contributed by atoms with Crippen molar-refractivity contribution in [3.8, 4) is 17.0 Å². The van der Waals surface area contributed by atoms with Gasteiger partial charge in [-0.1, -0.05) is 16.9 Å². The molecule has 2 aromatic rings. The molecule has 0 unspecified atom stereocenters. The molecule has 1 heterocycles. The molecule has 0 aliphatic heterocycles. The van der Waals surface area contributed by atoms with Crippen LogP contribution in [0.1, 0.15) is 5.56 Å². The zero-order valence-corrected chi connectivity index (χ0v) is 11.4. The molecule has 0 amide bonds. The monoisotopic (exact) mass is 263 g/mol. The van der Waals surface area contributed by atoms with Crippen molar-refractivity contribution in [1.82, 2.24) is 4.98 Å². The zero-order valence-electron chi connectivity index (χ0n) is 9.68. The van der Waals surface area contributed by atoms with E-state index in [-0.39, 0.29) is 0 Å². The van der Waals surface area contributed by atoms with E-state index in [1.807, 2.05) is 18.2 Å². The third-order valence-corrected chi connectivity index (χ3v) is 3.66. The number of methoxy groups -OCH3 is 1. The molecule has 0 bridgehead atoms. The second-order valence-corrected chi connectivity index (χ2v) is 4.83. The fourth-order valence-corrected chi connectivity index (χ4v) is 2.45. The van der Waals surface area contributed by atoms with Gasteiger partial charge in [0.15, 0.2) is 0 Å². The van der Waals surface area contributed by atoms with Gasteiger partial charge >= 0.3 is 0 Å². The van der Waals surface area contributed by atoms with E-state index in [1.54, 1.807) is 13.3 Å². The van der Waals surface area contributed by atoms with E-state index in [0.29, 0.717) is 5.88 Å². The topological polar surface area (TPSA) is 22.1 Å². The van der Waals surface area contributed by atoms with Crippen LogP contribution in [-0.2, 0) is 0 Å². The summed E-state index contributed by atoms with van der Waals surface area (Å²) < 4.78 is 5.28. The largest absolute Gasteiger partial charge is 0.481 e. The van der Waals surface area contributed by atoms with Crippen molar-refractivity contribution in [2.75, 3.05) is 7.11 Å². The average Bonchev–Trinajstić information content (AvgIpc) is 2.38. The average molecular weight is 263 g/mol. The predicted molar refractivity (Wildman–Crippen MR) is 75.8 cm³/mol. The fourth-order valence-electron chi connectivity index (χ4n) is 1.75. The molecule has 0 saturated carbocycles. The summed E-state index contributed by atoms with van der Waals surface area (Å²) in [6, 6.07) is 10.2. The molecule has 0 aliphatic rings. The van der Waals surface area contributed by atoms with Crippen LogP contribution in [0.5, 0.6) is 5.88 Å². The van der Waals surface area contributed by atoms with Crippen LogP contribution in [0.15, 0.2) is 41.4 Å². The first-order valence-corrected chi connectivity index (χ1v) is 7.04. The van der Waals surface area contributed by atoms with Gasteiger partial charge in [-0.05, 0) is 42.3 Å². The third kappa shape index (κ3) is 2.58. The van der Waals surface area contributed by atoms with Gasteiger partial charge in [-0.15, -0.1) is 11.7 Å². The van der Waals surface area contributed by atoms with Crippen LogP contribution in [0.4, 0.5) is 0 Å². The van der Waals surface area contributed by atoms with Gasteiger partial charge in [0.25, 0.3) is 0 Å². The van der Waals surface area contributed by atoms with Crippen LogP contribution in [0.3, 0.4) is 0 Å². The number of hydrogen-bond donors (Lipinski definition) is 1. The summed E-state index contributed by atoms with van der Waals surface area (Å²) in [6.45, 7) is 2.08. The van der Waals surface area contributed by atoms with E-state index in [0.717, 1.165) is 16.0 Å². The lowest BCUT2D eigenvalue weighted by molar-refractivity contribution is 0.399. The zero-order chi connectivity index (χ0) is 12.3. The predicted octanol–water partition coefficient (Wildman–Crippen LogP) is 4.00. The Bertz CT molecular complexity index is 529. The maximum absolute atomic E-state index is 5.28. The van der Waals surface area contributed by atoms with Crippen molar-refractivity contribution in [3.63, 3.8) is 0 Å². The number of benzene rings is 1. The van der Waals surface area contributed by atoms with Gasteiger partial charge in [-0.2, -0.15) is 0 Å². The highest BCUT2D eigenvalue weighted by Crippen LogP contribution is 2.33. The van der Waals surface area contributed by atoms with Gasteiger partial charge in [-0.3, -0.25) is 0 Å². The first-order chi connectivity index (χ1) is 8.26. The summed E-state index contributed by atoms with van der Waals surface area (Å²) in [4.78, 5) is 5.35. The molecule has 0 fully saturated rings. The molecular formula is C13H13NOS2. The van der Waals surface area contributed by atoms with Gasteiger partial charge in [0, 0.05) is 16.7 Å². The van der Waals surface area contributed by atoms with Crippen molar-refractivity contribution < 1.29 is 4.74 Å². The Morgan fingerprint density at radius 2 is 2.06 bits per heavy atom. The first-order valence-electron chi connectivity index (χ1n) is 5.17. The number of aromatic nitrogens is 1. The van der Waals surface area contributed by atoms with Crippen LogP contribution in [0, 0.1) is 6.92 Å². The smallest absolute Gasteiger partial charge is 0.221 e. The highest BCUT2D eigenvalue weighted by atomic mass is 33.1. The van der Waals surface area contributed by atoms with Crippen LogP contribution >= 0.6 is 22.5 Å². The number of ether oxygens (including phenoxy) is 1. The van der Waals surface area contributed by atoms with E-state index in [1.165, 1.54) is 16.4 Å². The van der Waals surface area contributed by atoms with E-state index in [2.05, 4.69) is 35.7 Å². The summed E-state index contributed by atoms with van der Waals surface area (Å²) in [5, 5.41) is 0. The molecule has 0 aliphatic carbocycles. The Kier molecular flexibility index (Phi) is 3.97. The summed E-state index contributed by atoms with van der Waals surface area (Å²) in [6.07, 6.45) is 1.73. The normalized spacial score (nSPS) is 10.3. The second kappa shape index (κ2) is 5.47. The summed E-state index contributed by atoms with van der Waals surface area (Å²) >= 11 is 4.20. The summed E-state index contributed by atoms with van der Waals surface area (Å²) in [5.74, 6) is 0.655. The molecule has 0 N–H and O–H groups in total. The van der Waals surface area contributed by atoms with E-state index >= 15 is 0 Å². The number of aryl methyl sites for hydroxylation is 1. The van der Waals surface area contributed by atoms with Gasteiger partial charge in [-0.25, -0.2) is 4.98 Å². The Hall–Kier alpha value is -1.13. The maximum atomic E-state index is 5.28. The quantitative estimate of drug-likeness (QED) is 0.668. The fraction of sp³-hybridized carbons (Fsp3) is 0.154. The van der Waals surface area contributed by atoms with Crippen molar-refractivity contribution >= 4 is 22.5 Å². The Labute approximate surface area is 110 Å². The highest BCUT2D eigenvalue weighted by Gasteiger charge is 2.09. The Morgan fingerprint density at radius 1 is 1.24 bits per heavy atom. The molecule has 2 nitrogen and oxygen atoms in total. The van der Waals surface area contributed by atoms with Crippen molar-refractivity contribution in [1.29, 1.82) is 0 Å². The second-order valence-electron chi connectivity index (χ2n) is 3.63. The molecule has 0 atom stereocenters. The highest BCUT2D eigenvalue weighted by molar-refractivity contribution is 8.68. The molecule has 17 heavy (non-hydrogen) atoms. The molecule has 0 radical (unpaired) electrons. The number of hydrogen-bond acceptors (Lipinski definition) is 4. The molecular weight excluding hydrogens is 250 g/mol. The lowest BCUT2D eigenvalue weighted by atomic mass is 10.0. The minimum absolute atomic E-state index is 0.655. The van der Waals surface area contributed by atoms with Crippen LogP contribution in [0.25, 0.3) is 11.1 Å². The number of nitrogens with zero attached hydrogens (tertiary/aromatic N) is 1. The van der Waals surface area contributed by atoms with Gasteiger partial charge in [0.2, 0.25) is 5.88 Å². The van der Waals surface area contributed by atoms with E-state index in [9.17, 15) is 0 Å². The summed E-state index contributed by atoms with van der Waals surface area (Å²) in [5.41, 5.74) is 3.35. The van der Waals surface area contributed by atoms with Gasteiger partial charge in [0.1, 0.15) is 0 Å². The molecule has 1 aromatic carbocycles. The minimum Gasteiger partial charge on any atom is -0.481 e. The molecule has 0 saturated heterocycles.